The fourth-order valence-electron chi connectivity index (χ4n) is 2.02. The van der Waals surface area contributed by atoms with E-state index in [1.165, 1.54) is 0 Å². The van der Waals surface area contributed by atoms with E-state index < -0.39 is 5.60 Å². The largest absolute Gasteiger partial charge is 0.350 e. The Kier molecular flexibility index (Phi) is 4.72. The molecule has 1 amide bonds. The third-order valence-electron chi connectivity index (χ3n) is 3.37. The van der Waals surface area contributed by atoms with Gasteiger partial charge in [-0.2, -0.15) is 0 Å². The second kappa shape index (κ2) is 5.44. The fourth-order valence-corrected chi connectivity index (χ4v) is 2.12. The summed E-state index contributed by atoms with van der Waals surface area (Å²) in [5.74, 6) is 0.0528. The molecule has 1 unspecified atom stereocenters. The molecule has 0 aromatic carbocycles. The van der Waals surface area contributed by atoms with Gasteiger partial charge in [-0.05, 0) is 46.8 Å². The van der Waals surface area contributed by atoms with Crippen LogP contribution in [0, 0.1) is 0 Å². The summed E-state index contributed by atoms with van der Waals surface area (Å²) in [4.78, 5) is 16.3. The van der Waals surface area contributed by atoms with E-state index in [4.69, 9.17) is 4.52 Å². The summed E-state index contributed by atoms with van der Waals surface area (Å²) in [5, 5.41) is 0. The summed E-state index contributed by atoms with van der Waals surface area (Å²) in [6.07, 6.45) is 2.09. The zero-order chi connectivity index (χ0) is 12.3. The van der Waals surface area contributed by atoms with Gasteiger partial charge in [0.15, 0.2) is 0 Å². The van der Waals surface area contributed by atoms with Gasteiger partial charge < -0.3 is 14.3 Å². The van der Waals surface area contributed by atoms with Gasteiger partial charge in [0.25, 0.3) is 5.91 Å². The van der Waals surface area contributed by atoms with Gasteiger partial charge in [-0.3, -0.25) is 4.79 Å². The minimum atomic E-state index is -0.747. The van der Waals surface area contributed by atoms with Crippen molar-refractivity contribution in [2.75, 3.05) is 27.2 Å². The Hall–Kier alpha value is -0.180. The normalized spacial score (nSPS) is 19.8. The maximum Gasteiger partial charge on any atom is 0.254 e. The Morgan fingerprint density at radius 3 is 2.38 bits per heavy atom. The van der Waals surface area contributed by atoms with Crippen molar-refractivity contribution in [3.05, 3.63) is 0 Å². The Morgan fingerprint density at radius 2 is 1.94 bits per heavy atom. The molecule has 4 nitrogen and oxygen atoms in total. The number of amides is 1. The van der Waals surface area contributed by atoms with Gasteiger partial charge in [0.1, 0.15) is 5.60 Å². The van der Waals surface area contributed by atoms with Crippen molar-refractivity contribution in [2.45, 2.75) is 38.3 Å². The molecule has 0 aromatic rings. The van der Waals surface area contributed by atoms with Crippen molar-refractivity contribution in [2.24, 2.45) is 0 Å². The molecule has 0 N–H and O–H groups in total. The van der Waals surface area contributed by atoms with Crippen LogP contribution in [0.1, 0.15) is 26.7 Å². The average Bonchev–Trinajstić information content (AvgIpc) is 2.28. The van der Waals surface area contributed by atoms with Crippen LogP contribution in [0.2, 0.25) is 0 Å². The number of carbonyl (C=O) groups excluding carboxylic acids is 1. The molecule has 5 heteroatoms. The van der Waals surface area contributed by atoms with E-state index in [0.29, 0.717) is 6.04 Å². The monoisotopic (exact) mass is 246 g/mol. The zero-order valence-electron chi connectivity index (χ0n) is 10.7. The molecule has 0 saturated carbocycles. The van der Waals surface area contributed by atoms with Crippen LogP contribution in [0.25, 0.3) is 0 Å². The van der Waals surface area contributed by atoms with Gasteiger partial charge in [0.2, 0.25) is 0 Å². The lowest BCUT2D eigenvalue weighted by Gasteiger charge is -2.38. The molecule has 1 aliphatic rings. The van der Waals surface area contributed by atoms with E-state index in [9.17, 15) is 4.79 Å². The number of carbonyl (C=O) groups is 1. The Bertz CT molecular complexity index is 250. The van der Waals surface area contributed by atoms with Crippen LogP contribution in [0.15, 0.2) is 0 Å². The van der Waals surface area contributed by atoms with Gasteiger partial charge in [-0.15, -0.1) is 0 Å². The topological polar surface area (TPSA) is 32.8 Å². The van der Waals surface area contributed by atoms with Gasteiger partial charge >= 0.3 is 0 Å². The number of hydrogen-bond acceptors (Lipinski definition) is 3. The predicted molar refractivity (Wildman–Crippen MR) is 68.2 cm³/mol. The highest BCUT2D eigenvalue weighted by Crippen LogP contribution is 2.21. The molecule has 1 heterocycles. The Morgan fingerprint density at radius 1 is 1.44 bits per heavy atom. The summed E-state index contributed by atoms with van der Waals surface area (Å²) in [5.41, 5.74) is -0.747. The lowest BCUT2D eigenvalue weighted by Crippen LogP contribution is -2.51. The molecule has 0 spiro atoms. The van der Waals surface area contributed by atoms with Crippen molar-refractivity contribution in [3.63, 3.8) is 0 Å². The van der Waals surface area contributed by atoms with Crippen LogP contribution in [0.4, 0.5) is 0 Å². The first-order valence-corrected chi connectivity index (χ1v) is 6.19. The second-order valence-corrected chi connectivity index (χ2v) is 5.31. The molecule has 94 valence electrons. The quantitative estimate of drug-likeness (QED) is 0.700. The van der Waals surface area contributed by atoms with Gasteiger partial charge in [0.05, 0.1) is 0 Å². The summed E-state index contributed by atoms with van der Waals surface area (Å²) in [6.45, 7) is 5.72. The molecule has 1 saturated heterocycles. The molecule has 0 radical (unpaired) electrons. The SMILES string of the molecule is CN1CCC(N(C)C(=O)C(C)(C)OP)CC1. The number of nitrogens with zero attached hydrogens (tertiary/aromatic N) is 2. The fraction of sp³-hybridized carbons (Fsp3) is 0.909. The van der Waals surface area contributed by atoms with E-state index in [0.717, 1.165) is 25.9 Å². The zero-order valence-corrected chi connectivity index (χ0v) is 11.8. The number of likely N-dealkylation sites (N-methyl/N-ethyl adjacent to an activating group) is 1. The van der Waals surface area contributed by atoms with Crippen LogP contribution < -0.4 is 0 Å². The van der Waals surface area contributed by atoms with E-state index in [2.05, 4.69) is 21.4 Å². The molecule has 16 heavy (non-hydrogen) atoms. The first kappa shape index (κ1) is 13.9. The lowest BCUT2D eigenvalue weighted by molar-refractivity contribution is -0.146. The third-order valence-corrected chi connectivity index (χ3v) is 3.96. The van der Waals surface area contributed by atoms with Crippen LogP contribution in [0.5, 0.6) is 0 Å². The second-order valence-electron chi connectivity index (χ2n) is 5.08. The Labute approximate surface area is 101 Å². The van der Waals surface area contributed by atoms with Crippen molar-refractivity contribution in [1.29, 1.82) is 0 Å². The lowest BCUT2D eigenvalue weighted by atomic mass is 10.0. The number of rotatable bonds is 3. The maximum absolute atomic E-state index is 12.2. The smallest absolute Gasteiger partial charge is 0.254 e. The standard InChI is InChI=1S/C11H23N2O2P/c1-11(2,15-16)10(14)13(4)9-5-7-12(3)8-6-9/h9H,5-8,16H2,1-4H3. The average molecular weight is 246 g/mol. The third kappa shape index (κ3) is 3.16. The van der Waals surface area contributed by atoms with Crippen molar-refractivity contribution in [1.82, 2.24) is 9.80 Å². The molecular formula is C11H23N2O2P. The van der Waals surface area contributed by atoms with Crippen LogP contribution in [-0.2, 0) is 9.32 Å². The van der Waals surface area contributed by atoms with E-state index in [1.54, 1.807) is 13.8 Å². The van der Waals surface area contributed by atoms with Crippen LogP contribution in [0.3, 0.4) is 0 Å². The van der Waals surface area contributed by atoms with Gasteiger partial charge in [-0.1, -0.05) is 0 Å². The molecular weight excluding hydrogens is 223 g/mol. The van der Waals surface area contributed by atoms with Gasteiger partial charge in [-0.25, -0.2) is 0 Å². The van der Waals surface area contributed by atoms with Crippen LogP contribution in [-0.4, -0.2) is 54.5 Å². The van der Waals surface area contributed by atoms with Crippen molar-refractivity contribution in [3.8, 4) is 0 Å². The summed E-state index contributed by atoms with van der Waals surface area (Å²) in [6, 6.07) is 0.350. The number of piperidine rings is 1. The minimum Gasteiger partial charge on any atom is -0.350 e. The minimum absolute atomic E-state index is 0.0528. The molecule has 1 aliphatic heterocycles. The van der Waals surface area contributed by atoms with Crippen molar-refractivity contribution >= 4 is 15.4 Å². The van der Waals surface area contributed by atoms with Gasteiger partial charge in [0, 0.05) is 22.6 Å². The van der Waals surface area contributed by atoms with E-state index >= 15 is 0 Å². The molecule has 0 aliphatic carbocycles. The maximum atomic E-state index is 12.2. The highest BCUT2D eigenvalue weighted by molar-refractivity contribution is 7.10. The summed E-state index contributed by atoms with van der Waals surface area (Å²) >= 11 is 0. The highest BCUT2D eigenvalue weighted by atomic mass is 31.0. The number of hydrogen-bond donors (Lipinski definition) is 0. The summed E-state index contributed by atoms with van der Waals surface area (Å²) < 4.78 is 5.15. The molecule has 1 atom stereocenters. The number of likely N-dealkylation sites (tertiary alicyclic amines) is 1. The highest BCUT2D eigenvalue weighted by Gasteiger charge is 2.34. The van der Waals surface area contributed by atoms with E-state index in [1.807, 2.05) is 11.9 Å². The molecule has 1 rings (SSSR count). The molecule has 1 fully saturated rings. The van der Waals surface area contributed by atoms with Crippen LogP contribution >= 0.6 is 9.47 Å². The Balaban J connectivity index is 2.57. The molecule has 0 bridgehead atoms. The van der Waals surface area contributed by atoms with Crippen molar-refractivity contribution < 1.29 is 9.32 Å². The first-order valence-electron chi connectivity index (χ1n) is 5.72. The predicted octanol–water partition coefficient (Wildman–Crippen LogP) is 1.12. The van der Waals surface area contributed by atoms with E-state index in [-0.39, 0.29) is 5.91 Å². The summed E-state index contributed by atoms with van der Waals surface area (Å²) in [7, 11) is 6.17. The first-order chi connectivity index (χ1) is 7.38. The molecule has 0 aromatic heterocycles.